The lowest BCUT2D eigenvalue weighted by Crippen LogP contribution is -2.70. The molecule has 1 aliphatic rings. The Morgan fingerprint density at radius 1 is 1.03 bits per heavy atom. The second kappa shape index (κ2) is 9.65. The normalized spacial score (nSPS) is 19.7. The molecular weight excluding hydrogens is 438 g/mol. The van der Waals surface area contributed by atoms with Crippen molar-refractivity contribution in [1.29, 1.82) is 0 Å². The van der Waals surface area contributed by atoms with Gasteiger partial charge in [-0.05, 0) is 57.4 Å². The molecule has 1 fully saturated rings. The van der Waals surface area contributed by atoms with Crippen LogP contribution >= 0.6 is 0 Å². The van der Waals surface area contributed by atoms with E-state index in [-0.39, 0.29) is 23.9 Å². The minimum absolute atomic E-state index is 0.104. The van der Waals surface area contributed by atoms with Gasteiger partial charge in [-0.1, -0.05) is 49.2 Å². The summed E-state index contributed by atoms with van der Waals surface area (Å²) in [5.41, 5.74) is 1.12. The lowest BCUT2D eigenvalue weighted by Gasteiger charge is -2.46. The maximum Gasteiger partial charge on any atom is 0.247 e. The van der Waals surface area contributed by atoms with Gasteiger partial charge in [-0.15, -0.1) is 0 Å². The number of rotatable bonds is 7. The molecule has 0 radical (unpaired) electrons. The summed E-state index contributed by atoms with van der Waals surface area (Å²) < 4.78 is 27.9. The van der Waals surface area contributed by atoms with Crippen molar-refractivity contribution in [3.63, 3.8) is 0 Å². The van der Waals surface area contributed by atoms with Crippen molar-refractivity contribution in [3.05, 3.63) is 59.7 Å². The Morgan fingerprint density at radius 2 is 1.58 bits per heavy atom. The van der Waals surface area contributed by atoms with Gasteiger partial charge in [0, 0.05) is 18.8 Å². The number of hydrogen-bond acceptors (Lipinski definition) is 4. The molecule has 1 heterocycles. The number of benzene rings is 2. The molecule has 0 bridgehead atoms. The number of nitrogens with one attached hydrogen (secondary N) is 1. The van der Waals surface area contributed by atoms with Crippen LogP contribution in [0.1, 0.15) is 38.3 Å². The van der Waals surface area contributed by atoms with Gasteiger partial charge < -0.3 is 5.32 Å². The largest absolute Gasteiger partial charge is 0.354 e. The Kier molecular flexibility index (Phi) is 7.29. The lowest BCUT2D eigenvalue weighted by molar-refractivity contribution is -0.132. The highest BCUT2D eigenvalue weighted by Gasteiger charge is 2.51. The summed E-state index contributed by atoms with van der Waals surface area (Å²) in [6.07, 6.45) is 0.783. The number of aryl methyl sites for hydroxylation is 2. The number of anilines is 1. The Bertz CT molecular complexity index is 1110. The first-order chi connectivity index (χ1) is 15.4. The minimum atomic E-state index is -3.96. The topological polar surface area (TPSA) is 86.8 Å². The average molecular weight is 472 g/mol. The molecule has 2 aromatic rings. The summed E-state index contributed by atoms with van der Waals surface area (Å²) in [5.74, 6) is -0.416. The number of carbonyl (C=O) groups excluding carboxylic acids is 2. The zero-order valence-electron chi connectivity index (χ0n) is 20.0. The van der Waals surface area contributed by atoms with Crippen LogP contribution in [0.3, 0.4) is 0 Å². The molecule has 7 nitrogen and oxygen atoms in total. The van der Waals surface area contributed by atoms with E-state index in [9.17, 15) is 18.0 Å². The second-order valence-electron chi connectivity index (χ2n) is 9.36. The number of sulfonamides is 1. The van der Waals surface area contributed by atoms with E-state index < -0.39 is 21.5 Å². The highest BCUT2D eigenvalue weighted by molar-refractivity contribution is 7.89. The van der Waals surface area contributed by atoms with Crippen molar-refractivity contribution in [2.45, 2.75) is 51.5 Å². The molecule has 0 unspecified atom stereocenters. The molecule has 0 saturated carbocycles. The van der Waals surface area contributed by atoms with E-state index in [2.05, 4.69) is 19.2 Å². The molecule has 1 N–H and O–H groups in total. The van der Waals surface area contributed by atoms with Gasteiger partial charge in [-0.3, -0.25) is 14.5 Å². The number of carbonyl (C=O) groups is 2. The quantitative estimate of drug-likeness (QED) is 0.672. The van der Waals surface area contributed by atoms with Crippen LogP contribution in [0.15, 0.2) is 53.4 Å². The Labute approximate surface area is 196 Å². The third kappa shape index (κ3) is 5.28. The first kappa shape index (κ1) is 24.9. The molecule has 1 saturated heterocycles. The molecule has 1 aliphatic heterocycles. The zero-order valence-corrected chi connectivity index (χ0v) is 20.8. The van der Waals surface area contributed by atoms with Gasteiger partial charge in [-0.25, -0.2) is 8.42 Å². The Balaban J connectivity index is 1.99. The third-order valence-corrected chi connectivity index (χ3v) is 7.79. The van der Waals surface area contributed by atoms with Crippen LogP contribution in [0.4, 0.5) is 5.69 Å². The first-order valence-corrected chi connectivity index (χ1v) is 12.6. The summed E-state index contributed by atoms with van der Waals surface area (Å²) >= 11 is 0. The van der Waals surface area contributed by atoms with E-state index in [0.29, 0.717) is 18.2 Å². The predicted octanol–water partition coefficient (Wildman–Crippen LogP) is 3.26. The summed E-state index contributed by atoms with van der Waals surface area (Å²) in [4.78, 5) is 28.3. The van der Waals surface area contributed by atoms with Crippen LogP contribution in [0, 0.1) is 19.8 Å². The molecule has 8 heteroatoms. The van der Waals surface area contributed by atoms with Gasteiger partial charge in [0.2, 0.25) is 21.8 Å². The fourth-order valence-electron chi connectivity index (χ4n) is 3.96. The summed E-state index contributed by atoms with van der Waals surface area (Å²) in [5, 5.41) is 2.92. The zero-order chi connectivity index (χ0) is 24.4. The fourth-order valence-corrected chi connectivity index (χ4v) is 5.44. The standard InChI is InChI=1S/C25H33N3O4S/c1-18(2)14-15-26-24(30)25(5)17-27(33(31,32)22-12-8-20(4)9-13-22)16-23(29)28(25)21-10-6-19(3)7-11-21/h6-13,18H,14-17H2,1-5H3,(H,26,30)/t25-/m1/s1. The van der Waals surface area contributed by atoms with Gasteiger partial charge in [0.15, 0.2) is 0 Å². The molecule has 3 rings (SSSR count). The first-order valence-electron chi connectivity index (χ1n) is 11.2. The maximum absolute atomic E-state index is 13.4. The van der Waals surface area contributed by atoms with E-state index in [1.807, 2.05) is 26.0 Å². The van der Waals surface area contributed by atoms with Crippen molar-refractivity contribution >= 4 is 27.5 Å². The summed E-state index contributed by atoms with van der Waals surface area (Å²) in [7, 11) is -3.96. The van der Waals surface area contributed by atoms with E-state index in [1.54, 1.807) is 31.2 Å². The fraction of sp³-hybridized carbons (Fsp3) is 0.440. The van der Waals surface area contributed by atoms with Crippen LogP contribution in [0.25, 0.3) is 0 Å². The van der Waals surface area contributed by atoms with Crippen molar-refractivity contribution in [2.24, 2.45) is 5.92 Å². The highest BCUT2D eigenvalue weighted by atomic mass is 32.2. The second-order valence-corrected chi connectivity index (χ2v) is 11.3. The van der Waals surface area contributed by atoms with Crippen molar-refractivity contribution in [3.8, 4) is 0 Å². The molecule has 0 aromatic heterocycles. The van der Waals surface area contributed by atoms with Gasteiger partial charge in [0.25, 0.3) is 0 Å². The number of hydrogen-bond donors (Lipinski definition) is 1. The number of nitrogens with zero attached hydrogens (tertiary/aromatic N) is 2. The summed E-state index contributed by atoms with van der Waals surface area (Å²) in [6.45, 7) is 9.54. The van der Waals surface area contributed by atoms with Gasteiger partial charge in [0.05, 0.1) is 11.4 Å². The molecule has 0 spiro atoms. The van der Waals surface area contributed by atoms with E-state index >= 15 is 0 Å². The molecule has 2 aromatic carbocycles. The molecule has 2 amide bonds. The highest BCUT2D eigenvalue weighted by Crippen LogP contribution is 2.32. The van der Waals surface area contributed by atoms with Crippen molar-refractivity contribution < 1.29 is 18.0 Å². The van der Waals surface area contributed by atoms with Gasteiger partial charge in [0.1, 0.15) is 5.54 Å². The van der Waals surface area contributed by atoms with Gasteiger partial charge in [-0.2, -0.15) is 4.31 Å². The monoisotopic (exact) mass is 471 g/mol. The van der Waals surface area contributed by atoms with Crippen molar-refractivity contribution in [2.75, 3.05) is 24.5 Å². The Morgan fingerprint density at radius 3 is 2.12 bits per heavy atom. The molecular formula is C25H33N3O4S. The predicted molar refractivity (Wildman–Crippen MR) is 129 cm³/mol. The SMILES string of the molecule is Cc1ccc(N2C(=O)CN(S(=O)(=O)c3ccc(C)cc3)C[C@]2(C)C(=O)NCCC(C)C)cc1. The third-order valence-electron chi connectivity index (χ3n) is 5.99. The molecule has 178 valence electrons. The molecule has 1 atom stereocenters. The molecule has 33 heavy (non-hydrogen) atoms. The maximum atomic E-state index is 13.4. The van der Waals surface area contributed by atoms with E-state index in [0.717, 1.165) is 21.9 Å². The minimum Gasteiger partial charge on any atom is -0.354 e. The van der Waals surface area contributed by atoms with Crippen molar-refractivity contribution in [1.82, 2.24) is 9.62 Å². The molecule has 0 aliphatic carbocycles. The smallest absolute Gasteiger partial charge is 0.247 e. The van der Waals surface area contributed by atoms with Crippen LogP contribution in [-0.2, 0) is 19.6 Å². The Hall–Kier alpha value is -2.71. The van der Waals surface area contributed by atoms with Crippen LogP contribution in [0.2, 0.25) is 0 Å². The summed E-state index contributed by atoms with van der Waals surface area (Å²) in [6, 6.07) is 13.8. The van der Waals surface area contributed by atoms with Crippen LogP contribution < -0.4 is 10.2 Å². The van der Waals surface area contributed by atoms with E-state index in [1.165, 1.54) is 17.0 Å². The van der Waals surface area contributed by atoms with Gasteiger partial charge >= 0.3 is 0 Å². The number of piperazine rings is 1. The van der Waals surface area contributed by atoms with Crippen LogP contribution in [0.5, 0.6) is 0 Å². The van der Waals surface area contributed by atoms with E-state index in [4.69, 9.17) is 0 Å². The van der Waals surface area contributed by atoms with Crippen LogP contribution in [-0.4, -0.2) is 49.7 Å². The average Bonchev–Trinajstić information content (AvgIpc) is 2.74. The number of amides is 2. The lowest BCUT2D eigenvalue weighted by atomic mass is 9.94.